The molecule has 1 aromatic heterocycles. The average molecular weight is 162 g/mol. The molecule has 0 spiro atoms. The smallest absolute Gasteiger partial charge is 0.340 e. The number of aromatic nitrogens is 1. The summed E-state index contributed by atoms with van der Waals surface area (Å²) in [7, 11) is 0. The fraction of sp³-hybridized carbons (Fsp3) is 0. The molecule has 0 aliphatic rings. The third kappa shape index (κ3) is 1.20. The van der Waals surface area contributed by atoms with E-state index >= 15 is 0 Å². The SMILES string of the molecule is C#Cc1nccc(N)c1C(=O)O. The van der Waals surface area contributed by atoms with Crippen molar-refractivity contribution < 1.29 is 9.90 Å². The molecule has 1 rings (SSSR count). The Kier molecular flexibility index (Phi) is 1.97. The fourth-order valence-electron chi connectivity index (χ4n) is 0.811. The van der Waals surface area contributed by atoms with E-state index < -0.39 is 5.97 Å². The summed E-state index contributed by atoms with van der Waals surface area (Å²) < 4.78 is 0. The zero-order valence-electron chi connectivity index (χ0n) is 6.11. The molecule has 12 heavy (non-hydrogen) atoms. The molecule has 0 saturated carbocycles. The highest BCUT2D eigenvalue weighted by Crippen LogP contribution is 2.12. The number of nitrogen functional groups attached to an aromatic ring is 1. The third-order valence-corrected chi connectivity index (χ3v) is 1.33. The number of nitrogens with two attached hydrogens (primary N) is 1. The fourth-order valence-corrected chi connectivity index (χ4v) is 0.811. The maximum absolute atomic E-state index is 10.6. The molecule has 4 heteroatoms. The zero-order valence-corrected chi connectivity index (χ0v) is 6.11. The molecule has 3 N–H and O–H groups in total. The predicted octanol–water partition coefficient (Wildman–Crippen LogP) is 0.343. The molecule has 4 nitrogen and oxygen atoms in total. The minimum absolute atomic E-state index is 0.0579. The predicted molar refractivity (Wildman–Crippen MR) is 43.5 cm³/mol. The summed E-state index contributed by atoms with van der Waals surface area (Å²) in [5.74, 6) is 0.987. The molecule has 0 bridgehead atoms. The maximum atomic E-state index is 10.6. The monoisotopic (exact) mass is 162 g/mol. The van der Waals surface area contributed by atoms with Gasteiger partial charge in [0.15, 0.2) is 0 Å². The van der Waals surface area contributed by atoms with Crippen molar-refractivity contribution in [2.24, 2.45) is 0 Å². The van der Waals surface area contributed by atoms with Gasteiger partial charge in [0.25, 0.3) is 0 Å². The van der Waals surface area contributed by atoms with E-state index in [1.807, 2.05) is 0 Å². The molecule has 0 fully saturated rings. The zero-order chi connectivity index (χ0) is 9.14. The molecular weight excluding hydrogens is 156 g/mol. The van der Waals surface area contributed by atoms with E-state index in [4.69, 9.17) is 17.3 Å². The summed E-state index contributed by atoms with van der Waals surface area (Å²) in [6.45, 7) is 0. The number of hydrogen-bond acceptors (Lipinski definition) is 3. The van der Waals surface area contributed by atoms with Crippen LogP contribution < -0.4 is 5.73 Å². The van der Waals surface area contributed by atoms with Crippen molar-refractivity contribution in [1.29, 1.82) is 0 Å². The van der Waals surface area contributed by atoms with Crippen LogP contribution in [0.1, 0.15) is 16.1 Å². The number of carboxylic acid groups (broad SMARTS) is 1. The van der Waals surface area contributed by atoms with Crippen LogP contribution in [0, 0.1) is 12.3 Å². The third-order valence-electron chi connectivity index (χ3n) is 1.33. The quantitative estimate of drug-likeness (QED) is 0.584. The van der Waals surface area contributed by atoms with Gasteiger partial charge in [-0.05, 0) is 12.0 Å². The van der Waals surface area contributed by atoms with Crippen LogP contribution in [-0.2, 0) is 0 Å². The van der Waals surface area contributed by atoms with Crippen molar-refractivity contribution in [2.45, 2.75) is 0 Å². The molecule has 0 atom stereocenters. The van der Waals surface area contributed by atoms with Gasteiger partial charge in [-0.25, -0.2) is 9.78 Å². The molecule has 1 aromatic rings. The van der Waals surface area contributed by atoms with E-state index in [0.29, 0.717) is 0 Å². The Balaban J connectivity index is 3.42. The van der Waals surface area contributed by atoms with Crippen LogP contribution in [0.5, 0.6) is 0 Å². The van der Waals surface area contributed by atoms with Crippen molar-refractivity contribution in [1.82, 2.24) is 4.98 Å². The normalized spacial score (nSPS) is 8.92. The second-order valence-corrected chi connectivity index (χ2v) is 2.07. The van der Waals surface area contributed by atoms with Crippen LogP contribution in [0.25, 0.3) is 0 Å². The molecule has 0 saturated heterocycles. The number of pyridine rings is 1. The highest BCUT2D eigenvalue weighted by Gasteiger charge is 2.12. The first-order chi connectivity index (χ1) is 5.66. The summed E-state index contributed by atoms with van der Waals surface area (Å²) in [5, 5.41) is 8.66. The lowest BCUT2D eigenvalue weighted by atomic mass is 10.1. The van der Waals surface area contributed by atoms with E-state index in [0.717, 1.165) is 0 Å². The first-order valence-corrected chi connectivity index (χ1v) is 3.11. The maximum Gasteiger partial charge on any atom is 0.340 e. The van der Waals surface area contributed by atoms with Crippen LogP contribution in [0.2, 0.25) is 0 Å². The molecule has 0 aliphatic carbocycles. The van der Waals surface area contributed by atoms with Gasteiger partial charge in [-0.2, -0.15) is 0 Å². The van der Waals surface area contributed by atoms with Crippen molar-refractivity contribution in [3.63, 3.8) is 0 Å². The molecular formula is C8H6N2O2. The highest BCUT2D eigenvalue weighted by molar-refractivity contribution is 5.95. The average Bonchev–Trinajstić information content (AvgIpc) is 2.03. The number of nitrogens with zero attached hydrogens (tertiary/aromatic N) is 1. The summed E-state index contributed by atoms with van der Waals surface area (Å²) in [4.78, 5) is 14.3. The van der Waals surface area contributed by atoms with E-state index in [1.54, 1.807) is 0 Å². The van der Waals surface area contributed by atoms with Gasteiger partial charge in [0.05, 0.1) is 5.69 Å². The number of hydrogen-bond donors (Lipinski definition) is 2. The first kappa shape index (κ1) is 8.08. The van der Waals surface area contributed by atoms with E-state index in [2.05, 4.69) is 10.9 Å². The number of terminal acetylenes is 1. The van der Waals surface area contributed by atoms with Crippen LogP contribution in [0.15, 0.2) is 12.3 Å². The second-order valence-electron chi connectivity index (χ2n) is 2.07. The standard InChI is InChI=1S/C8H6N2O2/c1-2-6-7(8(11)12)5(9)3-4-10-6/h1,3-4H,(H2,9,10)(H,11,12). The molecule has 1 heterocycles. The summed E-state index contributed by atoms with van der Waals surface area (Å²) in [6.07, 6.45) is 6.40. The lowest BCUT2D eigenvalue weighted by Gasteiger charge is -2.00. The lowest BCUT2D eigenvalue weighted by molar-refractivity contribution is 0.0697. The van der Waals surface area contributed by atoms with Gasteiger partial charge in [0.2, 0.25) is 0 Å². The van der Waals surface area contributed by atoms with Gasteiger partial charge in [0.1, 0.15) is 11.3 Å². The molecule has 60 valence electrons. The summed E-state index contributed by atoms with van der Waals surface area (Å²) >= 11 is 0. The van der Waals surface area contributed by atoms with Crippen molar-refractivity contribution in [2.75, 3.05) is 5.73 Å². The summed E-state index contributed by atoms with van der Waals surface area (Å²) in [6, 6.07) is 1.39. The van der Waals surface area contributed by atoms with Gasteiger partial charge in [0, 0.05) is 6.20 Å². The van der Waals surface area contributed by atoms with Gasteiger partial charge < -0.3 is 10.8 Å². The van der Waals surface area contributed by atoms with E-state index in [1.165, 1.54) is 12.3 Å². The Morgan fingerprint density at radius 2 is 2.42 bits per heavy atom. The van der Waals surface area contributed by atoms with Gasteiger partial charge in [-0.1, -0.05) is 0 Å². The van der Waals surface area contributed by atoms with E-state index in [9.17, 15) is 4.79 Å². The number of anilines is 1. The van der Waals surface area contributed by atoms with Crippen LogP contribution in [0.4, 0.5) is 5.69 Å². The van der Waals surface area contributed by atoms with Crippen molar-refractivity contribution >= 4 is 11.7 Å². The minimum Gasteiger partial charge on any atom is -0.478 e. The Morgan fingerprint density at radius 1 is 1.75 bits per heavy atom. The second kappa shape index (κ2) is 2.93. The molecule has 0 aliphatic heterocycles. The van der Waals surface area contributed by atoms with Gasteiger partial charge in [-0.3, -0.25) is 0 Å². The van der Waals surface area contributed by atoms with E-state index in [-0.39, 0.29) is 16.9 Å². The largest absolute Gasteiger partial charge is 0.478 e. The lowest BCUT2D eigenvalue weighted by Crippen LogP contribution is -2.06. The Bertz CT molecular complexity index is 366. The van der Waals surface area contributed by atoms with Crippen LogP contribution >= 0.6 is 0 Å². The Hall–Kier alpha value is -2.02. The number of carboxylic acids is 1. The molecule has 0 radical (unpaired) electrons. The van der Waals surface area contributed by atoms with Crippen LogP contribution in [-0.4, -0.2) is 16.1 Å². The molecule has 0 amide bonds. The number of carbonyl (C=O) groups is 1. The van der Waals surface area contributed by atoms with Gasteiger partial charge >= 0.3 is 5.97 Å². The minimum atomic E-state index is -1.16. The molecule has 0 unspecified atom stereocenters. The topological polar surface area (TPSA) is 76.2 Å². The highest BCUT2D eigenvalue weighted by atomic mass is 16.4. The van der Waals surface area contributed by atoms with Gasteiger partial charge in [-0.15, -0.1) is 6.42 Å². The Labute approximate surface area is 69.0 Å². The van der Waals surface area contributed by atoms with Crippen molar-refractivity contribution in [3.05, 3.63) is 23.5 Å². The van der Waals surface area contributed by atoms with Crippen LogP contribution in [0.3, 0.4) is 0 Å². The molecule has 0 aromatic carbocycles. The number of aromatic carboxylic acids is 1. The Morgan fingerprint density at radius 3 is 2.83 bits per heavy atom. The first-order valence-electron chi connectivity index (χ1n) is 3.11. The summed E-state index contributed by atoms with van der Waals surface area (Å²) in [5.41, 5.74) is 5.46. The number of rotatable bonds is 1. The van der Waals surface area contributed by atoms with Crippen molar-refractivity contribution in [3.8, 4) is 12.3 Å².